The van der Waals surface area contributed by atoms with E-state index in [1.807, 2.05) is 47.4 Å². The van der Waals surface area contributed by atoms with Gasteiger partial charge in [-0.3, -0.25) is 9.69 Å². The quantitative estimate of drug-likeness (QED) is 0.275. The summed E-state index contributed by atoms with van der Waals surface area (Å²) in [5.74, 6) is 0.139. The topological polar surface area (TPSA) is 69.7 Å². The van der Waals surface area contributed by atoms with E-state index in [0.29, 0.717) is 38.9 Å². The molecule has 4 aromatic carbocycles. The summed E-state index contributed by atoms with van der Waals surface area (Å²) in [6.45, 7) is 3.35. The highest BCUT2D eigenvalue weighted by atomic mass is 32.2. The van der Waals surface area contributed by atoms with Gasteiger partial charge in [-0.2, -0.15) is 0 Å². The first-order chi connectivity index (χ1) is 20.0. The second kappa shape index (κ2) is 13.7. The van der Waals surface area contributed by atoms with Crippen LogP contribution in [-0.4, -0.2) is 56.8 Å². The number of benzene rings is 4. The maximum absolute atomic E-state index is 13.1. The zero-order valence-electron chi connectivity index (χ0n) is 23.2. The predicted molar refractivity (Wildman–Crippen MR) is 163 cm³/mol. The minimum atomic E-state index is -3.58. The van der Waals surface area contributed by atoms with Crippen LogP contribution in [0.1, 0.15) is 34.7 Å². The van der Waals surface area contributed by atoms with Crippen molar-refractivity contribution < 1.29 is 13.2 Å². The lowest BCUT2D eigenvalue weighted by atomic mass is 9.96. The van der Waals surface area contributed by atoms with Gasteiger partial charge in [0.2, 0.25) is 15.9 Å². The third-order valence-electron chi connectivity index (χ3n) is 7.67. The summed E-state index contributed by atoms with van der Waals surface area (Å²) in [4.78, 5) is 17.7. The number of amides is 1. The number of rotatable bonds is 11. The van der Waals surface area contributed by atoms with Gasteiger partial charge in [-0.15, -0.1) is 0 Å². The van der Waals surface area contributed by atoms with Crippen molar-refractivity contribution in [2.45, 2.75) is 30.2 Å². The molecule has 1 N–H and O–H groups in total. The van der Waals surface area contributed by atoms with E-state index in [4.69, 9.17) is 0 Å². The first-order valence-corrected chi connectivity index (χ1v) is 15.7. The molecule has 212 valence electrons. The van der Waals surface area contributed by atoms with E-state index in [1.54, 1.807) is 24.3 Å². The lowest BCUT2D eigenvalue weighted by Crippen LogP contribution is -2.49. The molecule has 0 bridgehead atoms. The van der Waals surface area contributed by atoms with Gasteiger partial charge >= 0.3 is 0 Å². The van der Waals surface area contributed by atoms with Gasteiger partial charge in [0.15, 0.2) is 0 Å². The summed E-state index contributed by atoms with van der Waals surface area (Å²) in [7, 11) is -3.58. The Labute approximate surface area is 243 Å². The number of piperazine rings is 1. The Morgan fingerprint density at radius 3 is 1.73 bits per heavy atom. The Kier molecular flexibility index (Phi) is 9.62. The van der Waals surface area contributed by atoms with E-state index in [0.717, 1.165) is 24.2 Å². The fraction of sp³-hybridized carbons (Fsp3) is 0.265. The van der Waals surface area contributed by atoms with Gasteiger partial charge in [0.25, 0.3) is 0 Å². The van der Waals surface area contributed by atoms with Crippen LogP contribution < -0.4 is 4.72 Å². The maximum atomic E-state index is 13.1. The van der Waals surface area contributed by atoms with Crippen LogP contribution >= 0.6 is 0 Å². The number of hydrogen-bond donors (Lipinski definition) is 1. The lowest BCUT2D eigenvalue weighted by Gasteiger charge is -2.40. The van der Waals surface area contributed by atoms with E-state index in [2.05, 4.69) is 58.2 Å². The first-order valence-electron chi connectivity index (χ1n) is 14.2. The molecule has 1 heterocycles. The molecule has 0 unspecified atom stereocenters. The van der Waals surface area contributed by atoms with E-state index in [1.165, 1.54) is 11.1 Å². The summed E-state index contributed by atoms with van der Waals surface area (Å²) in [6, 6.07) is 37.9. The second-order valence-corrected chi connectivity index (χ2v) is 12.2. The maximum Gasteiger partial charge on any atom is 0.240 e. The molecule has 1 aliphatic rings. The van der Waals surface area contributed by atoms with E-state index >= 15 is 0 Å². The molecule has 1 fully saturated rings. The van der Waals surface area contributed by atoms with Crippen molar-refractivity contribution in [3.05, 3.63) is 138 Å². The van der Waals surface area contributed by atoms with Crippen molar-refractivity contribution in [2.75, 3.05) is 32.7 Å². The number of nitrogens with one attached hydrogen (secondary N) is 1. The van der Waals surface area contributed by atoms with Crippen LogP contribution in [-0.2, 0) is 27.7 Å². The number of carbonyl (C=O) groups is 1. The Morgan fingerprint density at radius 1 is 0.659 bits per heavy atom. The summed E-state index contributed by atoms with van der Waals surface area (Å²) in [5, 5.41) is 0. The van der Waals surface area contributed by atoms with E-state index < -0.39 is 10.0 Å². The minimum Gasteiger partial charge on any atom is -0.340 e. The first kappa shape index (κ1) is 28.7. The van der Waals surface area contributed by atoms with E-state index in [-0.39, 0.29) is 16.8 Å². The molecule has 1 amide bonds. The van der Waals surface area contributed by atoms with Crippen molar-refractivity contribution in [1.29, 1.82) is 0 Å². The van der Waals surface area contributed by atoms with Gasteiger partial charge in [-0.1, -0.05) is 103 Å². The molecule has 0 aromatic heterocycles. The summed E-state index contributed by atoms with van der Waals surface area (Å²) in [6.07, 6.45) is 1.62. The third kappa shape index (κ3) is 7.70. The van der Waals surface area contributed by atoms with Gasteiger partial charge in [0, 0.05) is 39.1 Å². The molecule has 4 aromatic rings. The Bertz CT molecular complexity index is 1450. The largest absolute Gasteiger partial charge is 0.340 e. The molecule has 0 atom stereocenters. The Balaban J connectivity index is 1.11. The van der Waals surface area contributed by atoms with Crippen LogP contribution in [0.5, 0.6) is 0 Å². The van der Waals surface area contributed by atoms with Gasteiger partial charge < -0.3 is 4.90 Å². The summed E-state index contributed by atoms with van der Waals surface area (Å²) >= 11 is 0. The number of sulfonamides is 1. The lowest BCUT2D eigenvalue weighted by molar-refractivity contribution is -0.133. The average molecular weight is 568 g/mol. The third-order valence-corrected chi connectivity index (χ3v) is 9.15. The fourth-order valence-corrected chi connectivity index (χ4v) is 6.45. The highest BCUT2D eigenvalue weighted by Gasteiger charge is 2.28. The van der Waals surface area contributed by atoms with Crippen LogP contribution in [0.15, 0.2) is 120 Å². The van der Waals surface area contributed by atoms with Crippen LogP contribution in [0.3, 0.4) is 0 Å². The molecule has 0 saturated carbocycles. The van der Waals surface area contributed by atoms with Crippen molar-refractivity contribution in [2.24, 2.45) is 0 Å². The van der Waals surface area contributed by atoms with Crippen molar-refractivity contribution in [1.82, 2.24) is 14.5 Å². The molecule has 6 nitrogen and oxygen atoms in total. The van der Waals surface area contributed by atoms with Gasteiger partial charge in [0.05, 0.1) is 10.9 Å². The SMILES string of the molecule is O=C(CCc1ccc(S(=O)(=O)NCCc2ccccc2)cc1)N1CCN(C(c2ccccc2)c2ccccc2)CC1. The Morgan fingerprint density at radius 2 is 1.17 bits per heavy atom. The molecular weight excluding hydrogens is 530 g/mol. The van der Waals surface area contributed by atoms with Gasteiger partial charge in [-0.05, 0) is 47.2 Å². The van der Waals surface area contributed by atoms with Crippen molar-refractivity contribution in [3.63, 3.8) is 0 Å². The van der Waals surface area contributed by atoms with Crippen LogP contribution in [0.4, 0.5) is 0 Å². The number of aryl methyl sites for hydroxylation is 1. The van der Waals surface area contributed by atoms with Crippen LogP contribution in [0, 0.1) is 0 Å². The molecule has 5 rings (SSSR count). The molecule has 7 heteroatoms. The van der Waals surface area contributed by atoms with Crippen molar-refractivity contribution in [3.8, 4) is 0 Å². The molecule has 1 saturated heterocycles. The highest BCUT2D eigenvalue weighted by Crippen LogP contribution is 2.29. The average Bonchev–Trinajstić information content (AvgIpc) is 3.02. The summed E-state index contributed by atoms with van der Waals surface area (Å²) in [5.41, 5.74) is 4.56. The number of nitrogens with zero attached hydrogens (tertiary/aromatic N) is 2. The van der Waals surface area contributed by atoms with Crippen LogP contribution in [0.25, 0.3) is 0 Å². The van der Waals surface area contributed by atoms with Gasteiger partial charge in [0.1, 0.15) is 0 Å². The molecule has 41 heavy (non-hydrogen) atoms. The van der Waals surface area contributed by atoms with Crippen molar-refractivity contribution >= 4 is 15.9 Å². The molecule has 0 radical (unpaired) electrons. The zero-order valence-corrected chi connectivity index (χ0v) is 24.0. The Hall–Kier alpha value is -3.78. The normalized spacial score (nSPS) is 14.3. The van der Waals surface area contributed by atoms with Gasteiger partial charge in [-0.25, -0.2) is 13.1 Å². The number of carbonyl (C=O) groups excluding carboxylic acids is 1. The number of hydrogen-bond acceptors (Lipinski definition) is 4. The second-order valence-electron chi connectivity index (χ2n) is 10.4. The zero-order chi connectivity index (χ0) is 28.5. The molecular formula is C34H37N3O3S. The standard InChI is InChI=1S/C34H37N3O3S/c38-33(21-18-29-16-19-32(20-17-29)41(39,40)35-23-22-28-10-4-1-5-11-28)36-24-26-37(27-25-36)34(30-12-6-2-7-13-30)31-14-8-3-9-15-31/h1-17,19-20,34-35H,18,21-27H2. The summed E-state index contributed by atoms with van der Waals surface area (Å²) < 4.78 is 28.0. The monoisotopic (exact) mass is 567 g/mol. The molecule has 0 aliphatic carbocycles. The highest BCUT2D eigenvalue weighted by molar-refractivity contribution is 7.89. The smallest absolute Gasteiger partial charge is 0.240 e. The fourth-order valence-electron chi connectivity index (χ4n) is 5.42. The molecule has 1 aliphatic heterocycles. The molecule has 0 spiro atoms. The predicted octanol–water partition coefficient (Wildman–Crippen LogP) is 5.07. The van der Waals surface area contributed by atoms with E-state index in [9.17, 15) is 13.2 Å². The minimum absolute atomic E-state index is 0.139. The van der Waals surface area contributed by atoms with Crippen LogP contribution in [0.2, 0.25) is 0 Å².